The van der Waals surface area contributed by atoms with E-state index >= 15 is 0 Å². The molecular formula is C18H21ClN4O2. The number of aliphatic hydroxyl groups is 1. The highest BCUT2D eigenvalue weighted by atomic mass is 35.5. The van der Waals surface area contributed by atoms with Crippen molar-refractivity contribution in [1.29, 1.82) is 0 Å². The Bertz CT molecular complexity index is 969. The SMILES string of the molecule is CC1=C(n2c(N)c(C(N)=O)c3cc(Cl)c(C)nc32)[C@H](C)[C@@](C)(O)C=C1. The van der Waals surface area contributed by atoms with Crippen LogP contribution < -0.4 is 11.5 Å². The number of fused-ring (bicyclic) bond motifs is 1. The predicted octanol–water partition coefficient (Wildman–Crippen LogP) is 2.87. The standard InChI is InChI=1S/C18H21ClN4O2/c1-8-5-6-18(4,25)9(2)14(8)23-15(20)13(16(21)24)11-7-12(19)10(3)22-17(11)23/h5-7,9,25H,20H2,1-4H3,(H2,21,24)/t9-,18-/m0/s1. The van der Waals surface area contributed by atoms with Gasteiger partial charge < -0.3 is 16.6 Å². The van der Waals surface area contributed by atoms with Gasteiger partial charge in [0.1, 0.15) is 11.5 Å². The van der Waals surface area contributed by atoms with Crippen LogP contribution in [-0.2, 0) is 0 Å². The molecule has 0 saturated heterocycles. The van der Waals surface area contributed by atoms with E-state index in [9.17, 15) is 9.90 Å². The zero-order valence-electron chi connectivity index (χ0n) is 14.6. The van der Waals surface area contributed by atoms with Gasteiger partial charge in [-0.3, -0.25) is 9.36 Å². The summed E-state index contributed by atoms with van der Waals surface area (Å²) in [6, 6.07) is 1.66. The first-order valence-electron chi connectivity index (χ1n) is 7.95. The molecule has 7 heteroatoms. The normalized spacial score (nSPS) is 23.5. The molecule has 2 heterocycles. The van der Waals surface area contributed by atoms with Crippen LogP contribution in [0.15, 0.2) is 23.8 Å². The van der Waals surface area contributed by atoms with E-state index in [4.69, 9.17) is 23.1 Å². The van der Waals surface area contributed by atoms with Crippen LogP contribution in [0.4, 0.5) is 5.82 Å². The summed E-state index contributed by atoms with van der Waals surface area (Å²) in [5.74, 6) is -0.718. The maximum absolute atomic E-state index is 12.0. The fourth-order valence-corrected chi connectivity index (χ4v) is 3.45. The number of aromatic nitrogens is 2. The Labute approximate surface area is 150 Å². The van der Waals surface area contributed by atoms with Gasteiger partial charge in [-0.1, -0.05) is 30.7 Å². The average Bonchev–Trinajstić information content (AvgIpc) is 2.77. The van der Waals surface area contributed by atoms with Gasteiger partial charge in [-0.05, 0) is 32.4 Å². The molecule has 0 unspecified atom stereocenters. The Morgan fingerprint density at radius 3 is 2.68 bits per heavy atom. The lowest BCUT2D eigenvalue weighted by Gasteiger charge is -2.34. The first-order chi connectivity index (χ1) is 11.6. The molecule has 2 aromatic rings. The van der Waals surface area contributed by atoms with Crippen LogP contribution in [-0.4, -0.2) is 26.2 Å². The summed E-state index contributed by atoms with van der Waals surface area (Å²) >= 11 is 6.19. The zero-order valence-corrected chi connectivity index (χ0v) is 15.3. The van der Waals surface area contributed by atoms with Crippen LogP contribution in [0.3, 0.4) is 0 Å². The van der Waals surface area contributed by atoms with Gasteiger partial charge >= 0.3 is 0 Å². The number of nitrogen functional groups attached to an aromatic ring is 1. The third-order valence-corrected chi connectivity index (χ3v) is 5.34. The van der Waals surface area contributed by atoms with Crippen LogP contribution in [0.1, 0.15) is 36.8 Å². The quantitative estimate of drug-likeness (QED) is 0.765. The number of rotatable bonds is 2. The first kappa shape index (κ1) is 17.5. The Kier molecular flexibility index (Phi) is 3.93. The number of nitrogens with zero attached hydrogens (tertiary/aromatic N) is 2. The third-order valence-electron chi connectivity index (χ3n) is 4.96. The van der Waals surface area contributed by atoms with Crippen LogP contribution >= 0.6 is 11.6 Å². The molecule has 5 N–H and O–H groups in total. The molecule has 0 aromatic carbocycles. The van der Waals surface area contributed by atoms with E-state index in [1.807, 2.05) is 19.9 Å². The first-order valence-corrected chi connectivity index (χ1v) is 8.33. The number of amides is 1. The molecule has 0 fully saturated rings. The van der Waals surface area contributed by atoms with Crippen molar-refractivity contribution >= 4 is 40.1 Å². The number of anilines is 1. The molecular weight excluding hydrogens is 340 g/mol. The van der Waals surface area contributed by atoms with Crippen LogP contribution in [0.5, 0.6) is 0 Å². The molecule has 2 atom stereocenters. The van der Waals surface area contributed by atoms with E-state index in [0.29, 0.717) is 21.7 Å². The minimum atomic E-state index is -1.05. The van der Waals surface area contributed by atoms with Crippen molar-refractivity contribution in [3.05, 3.63) is 40.1 Å². The van der Waals surface area contributed by atoms with Gasteiger partial charge in [-0.25, -0.2) is 4.98 Å². The molecule has 25 heavy (non-hydrogen) atoms. The minimum absolute atomic E-state index is 0.186. The fourth-order valence-electron chi connectivity index (χ4n) is 3.30. The van der Waals surface area contributed by atoms with E-state index in [1.54, 1.807) is 30.6 Å². The second-order valence-electron chi connectivity index (χ2n) is 6.74. The van der Waals surface area contributed by atoms with Crippen molar-refractivity contribution in [2.45, 2.75) is 33.3 Å². The Morgan fingerprint density at radius 2 is 2.08 bits per heavy atom. The van der Waals surface area contributed by atoms with Gasteiger partial charge in [-0.15, -0.1) is 0 Å². The summed E-state index contributed by atoms with van der Waals surface area (Å²) in [5, 5.41) is 11.6. The van der Waals surface area contributed by atoms with Crippen LogP contribution in [0, 0.1) is 12.8 Å². The number of nitrogens with two attached hydrogens (primary N) is 2. The summed E-state index contributed by atoms with van der Waals surface area (Å²) in [4.78, 5) is 16.5. The van der Waals surface area contributed by atoms with E-state index in [0.717, 1.165) is 11.3 Å². The summed E-state index contributed by atoms with van der Waals surface area (Å²) < 4.78 is 1.71. The van der Waals surface area contributed by atoms with E-state index < -0.39 is 11.5 Å². The molecule has 2 aromatic heterocycles. The Balaban J connectivity index is 2.45. The second kappa shape index (κ2) is 5.61. The van der Waals surface area contributed by atoms with Gasteiger partial charge in [0.15, 0.2) is 0 Å². The van der Waals surface area contributed by atoms with Crippen molar-refractivity contribution in [3.63, 3.8) is 0 Å². The van der Waals surface area contributed by atoms with Crippen molar-refractivity contribution in [2.75, 3.05) is 5.73 Å². The lowest BCUT2D eigenvalue weighted by molar-refractivity contribution is 0.0747. The molecule has 3 rings (SSSR count). The van der Waals surface area contributed by atoms with Crippen molar-refractivity contribution in [1.82, 2.24) is 9.55 Å². The van der Waals surface area contributed by atoms with Gasteiger partial charge in [-0.2, -0.15) is 0 Å². The number of allylic oxidation sites excluding steroid dienone is 2. The monoisotopic (exact) mass is 360 g/mol. The highest BCUT2D eigenvalue weighted by Gasteiger charge is 2.35. The highest BCUT2D eigenvalue weighted by molar-refractivity contribution is 6.32. The minimum Gasteiger partial charge on any atom is -0.385 e. The third kappa shape index (κ3) is 2.53. The fraction of sp³-hybridized carbons (Fsp3) is 0.333. The maximum Gasteiger partial charge on any atom is 0.253 e. The summed E-state index contributed by atoms with van der Waals surface area (Å²) in [5.41, 5.74) is 13.8. The number of hydrogen-bond donors (Lipinski definition) is 3. The van der Waals surface area contributed by atoms with Gasteiger partial charge in [0.05, 0.1) is 21.9 Å². The number of primary amides is 1. The molecule has 0 aliphatic heterocycles. The lowest BCUT2D eigenvalue weighted by Crippen LogP contribution is -2.35. The van der Waals surface area contributed by atoms with Gasteiger partial charge in [0.2, 0.25) is 0 Å². The molecule has 132 valence electrons. The Hall–Kier alpha value is -2.31. The van der Waals surface area contributed by atoms with Gasteiger partial charge in [0.25, 0.3) is 5.91 Å². The topological polar surface area (TPSA) is 107 Å². The summed E-state index contributed by atoms with van der Waals surface area (Å²) in [7, 11) is 0. The Morgan fingerprint density at radius 1 is 1.44 bits per heavy atom. The van der Waals surface area contributed by atoms with Crippen LogP contribution in [0.25, 0.3) is 16.7 Å². The van der Waals surface area contributed by atoms with Crippen LogP contribution in [0.2, 0.25) is 5.02 Å². The number of hydrogen-bond acceptors (Lipinski definition) is 4. The zero-order chi connectivity index (χ0) is 18.7. The highest BCUT2D eigenvalue weighted by Crippen LogP contribution is 2.41. The largest absolute Gasteiger partial charge is 0.385 e. The predicted molar refractivity (Wildman–Crippen MR) is 100 cm³/mol. The molecule has 1 amide bonds. The molecule has 6 nitrogen and oxygen atoms in total. The molecule has 1 aliphatic rings. The molecule has 0 spiro atoms. The molecule has 0 radical (unpaired) electrons. The smallest absolute Gasteiger partial charge is 0.253 e. The van der Waals surface area contributed by atoms with Crippen molar-refractivity contribution in [2.24, 2.45) is 11.7 Å². The average molecular weight is 361 g/mol. The summed E-state index contributed by atoms with van der Waals surface area (Å²) in [6.45, 7) is 7.34. The molecule has 1 aliphatic carbocycles. The number of aryl methyl sites for hydroxylation is 1. The number of pyridine rings is 1. The number of carbonyl (C=O) groups excluding carboxylic acids is 1. The summed E-state index contributed by atoms with van der Waals surface area (Å²) in [6.07, 6.45) is 3.59. The van der Waals surface area contributed by atoms with Crippen molar-refractivity contribution < 1.29 is 9.90 Å². The number of halogens is 1. The molecule has 0 bridgehead atoms. The lowest BCUT2D eigenvalue weighted by atomic mass is 9.81. The number of carbonyl (C=O) groups is 1. The van der Waals surface area contributed by atoms with E-state index in [2.05, 4.69) is 4.98 Å². The van der Waals surface area contributed by atoms with Crippen molar-refractivity contribution in [3.8, 4) is 0 Å². The maximum atomic E-state index is 12.0. The second-order valence-corrected chi connectivity index (χ2v) is 7.14. The molecule has 0 saturated carbocycles. The van der Waals surface area contributed by atoms with Gasteiger partial charge in [0, 0.05) is 17.0 Å². The van der Waals surface area contributed by atoms with E-state index in [-0.39, 0.29) is 17.3 Å². The van der Waals surface area contributed by atoms with E-state index in [1.165, 1.54) is 0 Å².